The molecule has 3 N–H and O–H groups in total. The molecule has 1 aliphatic rings. The van der Waals surface area contributed by atoms with Gasteiger partial charge in [0.25, 0.3) is 10.2 Å². The molecule has 1 heterocycles. The summed E-state index contributed by atoms with van der Waals surface area (Å²) in [7, 11) is -4.13. The van der Waals surface area contributed by atoms with E-state index in [1.807, 2.05) is 31.2 Å². The number of aryl methyl sites for hydroxylation is 1. The molecule has 1 unspecified atom stereocenters. The van der Waals surface area contributed by atoms with Crippen molar-refractivity contribution < 1.29 is 13.2 Å². The lowest BCUT2D eigenvalue weighted by Crippen LogP contribution is -2.44. The summed E-state index contributed by atoms with van der Waals surface area (Å²) in [5, 5.41) is 5.30. The monoisotopic (exact) mass is 346 g/mol. The number of anilines is 1. The molecule has 1 saturated heterocycles. The van der Waals surface area contributed by atoms with Gasteiger partial charge in [0.1, 0.15) is 0 Å². The smallest absolute Gasteiger partial charge is 0.270 e. The van der Waals surface area contributed by atoms with E-state index in [1.54, 1.807) is 30.3 Å². The molecule has 24 heavy (non-hydrogen) atoms. The molecule has 8 heteroatoms. The maximum atomic E-state index is 12.5. The van der Waals surface area contributed by atoms with Crippen LogP contribution in [0.4, 0.5) is 10.5 Å². The fraction of sp³-hybridized carbons (Fsp3) is 0.188. The summed E-state index contributed by atoms with van der Waals surface area (Å²) in [5.41, 5.74) is 4.57. The van der Waals surface area contributed by atoms with Crippen molar-refractivity contribution in [1.82, 2.24) is 9.84 Å². The minimum atomic E-state index is -4.13. The van der Waals surface area contributed by atoms with Crippen LogP contribution in [0.15, 0.2) is 54.6 Å². The molecule has 2 aromatic carbocycles. The number of hydrogen-bond donors (Lipinski definition) is 2. The summed E-state index contributed by atoms with van der Waals surface area (Å²) >= 11 is 0. The van der Waals surface area contributed by atoms with E-state index >= 15 is 0 Å². The van der Waals surface area contributed by atoms with Crippen molar-refractivity contribution in [2.75, 3.05) is 4.90 Å². The lowest BCUT2D eigenvalue weighted by atomic mass is 10.1. The highest BCUT2D eigenvalue weighted by molar-refractivity contribution is 7.86. The second-order valence-electron chi connectivity index (χ2n) is 5.39. The summed E-state index contributed by atoms with van der Waals surface area (Å²) < 4.78 is 24.7. The predicted molar refractivity (Wildman–Crippen MR) is 91.0 cm³/mol. The van der Waals surface area contributed by atoms with Crippen LogP contribution >= 0.6 is 0 Å². The number of amides is 2. The highest BCUT2D eigenvalue weighted by Gasteiger charge is 2.45. The van der Waals surface area contributed by atoms with E-state index in [2.05, 4.69) is 5.43 Å². The average molecular weight is 346 g/mol. The highest BCUT2D eigenvalue weighted by atomic mass is 32.2. The topological polar surface area (TPSA) is 95.7 Å². The quantitative estimate of drug-likeness (QED) is 0.885. The maximum absolute atomic E-state index is 12.5. The number of rotatable bonds is 4. The van der Waals surface area contributed by atoms with Gasteiger partial charge in [-0.3, -0.25) is 10.3 Å². The van der Waals surface area contributed by atoms with Crippen molar-refractivity contribution in [1.29, 1.82) is 0 Å². The van der Waals surface area contributed by atoms with Gasteiger partial charge in [0, 0.05) is 0 Å². The van der Waals surface area contributed by atoms with Crippen LogP contribution < -0.4 is 15.5 Å². The third-order valence-corrected chi connectivity index (χ3v) is 4.73. The number of urea groups is 1. The van der Waals surface area contributed by atoms with E-state index in [0.717, 1.165) is 9.98 Å². The minimum absolute atomic E-state index is 0.543. The van der Waals surface area contributed by atoms with Crippen LogP contribution in [0.2, 0.25) is 0 Å². The predicted octanol–water partition coefficient (Wildman–Crippen LogP) is 1.90. The number of carbonyl (C=O) groups excluding carboxylic acids is 1. The zero-order valence-electron chi connectivity index (χ0n) is 13.1. The third-order valence-electron chi connectivity index (χ3n) is 3.90. The molecule has 0 radical (unpaired) electrons. The Morgan fingerprint density at radius 2 is 1.71 bits per heavy atom. The summed E-state index contributed by atoms with van der Waals surface area (Å²) in [6.07, 6.45) is -0.182. The van der Waals surface area contributed by atoms with Gasteiger partial charge in [0.05, 0.1) is 5.69 Å². The Bertz CT molecular complexity index is 855. The largest absolute Gasteiger partial charge is 0.339 e. The van der Waals surface area contributed by atoms with Crippen molar-refractivity contribution >= 4 is 21.9 Å². The lowest BCUT2D eigenvalue weighted by Gasteiger charge is -2.28. The molecule has 1 fully saturated rings. The number of para-hydroxylation sites is 1. The van der Waals surface area contributed by atoms with E-state index in [4.69, 9.17) is 5.14 Å². The molecule has 3 rings (SSSR count). The molecule has 126 valence electrons. The van der Waals surface area contributed by atoms with E-state index in [-0.39, 0.29) is 0 Å². The Labute approximate surface area is 140 Å². The number of hydrazine groups is 1. The first-order chi connectivity index (χ1) is 11.4. The summed E-state index contributed by atoms with van der Waals surface area (Å²) in [6, 6.07) is 15.7. The second-order valence-corrected chi connectivity index (χ2v) is 6.82. The number of benzene rings is 2. The number of carbonyl (C=O) groups is 1. The van der Waals surface area contributed by atoms with Gasteiger partial charge >= 0.3 is 6.03 Å². The summed E-state index contributed by atoms with van der Waals surface area (Å²) in [4.78, 5) is 14.0. The lowest BCUT2D eigenvalue weighted by molar-refractivity contribution is 0.243. The van der Waals surface area contributed by atoms with E-state index in [9.17, 15) is 13.2 Å². The fourth-order valence-electron chi connectivity index (χ4n) is 2.82. The average Bonchev–Trinajstić information content (AvgIpc) is 2.93. The van der Waals surface area contributed by atoms with Crippen LogP contribution in [0.5, 0.6) is 0 Å². The summed E-state index contributed by atoms with van der Waals surface area (Å²) in [5.74, 6) is 0. The van der Waals surface area contributed by atoms with Gasteiger partial charge in [-0.2, -0.15) is 8.42 Å². The molecule has 2 aromatic rings. The van der Waals surface area contributed by atoms with Gasteiger partial charge in [-0.1, -0.05) is 59.9 Å². The first kappa shape index (κ1) is 16.4. The molecule has 0 bridgehead atoms. The SMILES string of the molecule is CCc1ccccc1N1C(=O)NN(S(N)(=O)=O)C1c1ccccc1. The first-order valence-electron chi connectivity index (χ1n) is 7.48. The maximum Gasteiger partial charge on any atom is 0.339 e. The minimum Gasteiger partial charge on any atom is -0.270 e. The third kappa shape index (κ3) is 2.86. The molecule has 0 aromatic heterocycles. The van der Waals surface area contributed by atoms with Gasteiger partial charge in [0.15, 0.2) is 6.17 Å². The molecule has 0 saturated carbocycles. The Balaban J connectivity index is 2.17. The molecule has 2 amide bonds. The van der Waals surface area contributed by atoms with Crippen molar-refractivity contribution in [3.05, 3.63) is 65.7 Å². The van der Waals surface area contributed by atoms with Crippen molar-refractivity contribution in [2.45, 2.75) is 19.5 Å². The number of nitrogens with one attached hydrogen (secondary N) is 1. The second kappa shape index (κ2) is 6.23. The van der Waals surface area contributed by atoms with Gasteiger partial charge in [-0.15, -0.1) is 0 Å². The number of nitrogens with two attached hydrogens (primary N) is 1. The van der Waals surface area contributed by atoms with E-state index < -0.39 is 22.4 Å². The molecule has 0 spiro atoms. The Morgan fingerprint density at radius 1 is 1.08 bits per heavy atom. The van der Waals surface area contributed by atoms with E-state index in [1.165, 1.54) is 4.90 Å². The zero-order chi connectivity index (χ0) is 17.3. The van der Waals surface area contributed by atoms with Crippen LogP contribution in [-0.4, -0.2) is 18.9 Å². The molecular weight excluding hydrogens is 328 g/mol. The highest BCUT2D eigenvalue weighted by Crippen LogP contribution is 2.36. The number of hydrogen-bond acceptors (Lipinski definition) is 3. The van der Waals surface area contributed by atoms with Crippen LogP contribution in [0, 0.1) is 0 Å². The van der Waals surface area contributed by atoms with Crippen LogP contribution in [0.25, 0.3) is 0 Å². The Kier molecular flexibility index (Phi) is 4.27. The zero-order valence-corrected chi connectivity index (χ0v) is 13.9. The van der Waals surface area contributed by atoms with Gasteiger partial charge in [-0.05, 0) is 23.6 Å². The van der Waals surface area contributed by atoms with Gasteiger partial charge in [0.2, 0.25) is 0 Å². The van der Waals surface area contributed by atoms with E-state index in [0.29, 0.717) is 17.7 Å². The Hall–Kier alpha value is -2.42. The van der Waals surface area contributed by atoms with Gasteiger partial charge < -0.3 is 0 Å². The van der Waals surface area contributed by atoms with Crippen molar-refractivity contribution in [3.8, 4) is 0 Å². The fourth-order valence-corrected chi connectivity index (χ4v) is 3.52. The molecule has 0 aliphatic carbocycles. The molecular formula is C16H18N4O3S. The standard InChI is InChI=1S/C16H18N4O3S/c1-2-12-8-6-7-11-14(12)19-15(13-9-4-3-5-10-13)20(18-16(19)21)24(17,22)23/h3-11,15H,2H2,1H3,(H,18,21)(H2,17,22,23). The molecule has 1 aliphatic heterocycles. The molecule has 7 nitrogen and oxygen atoms in total. The Morgan fingerprint density at radius 3 is 2.33 bits per heavy atom. The van der Waals surface area contributed by atoms with Crippen molar-refractivity contribution in [3.63, 3.8) is 0 Å². The normalized spacial score (nSPS) is 18.7. The summed E-state index contributed by atoms with van der Waals surface area (Å²) in [6.45, 7) is 1.97. The molecule has 1 atom stereocenters. The van der Waals surface area contributed by atoms with Crippen LogP contribution in [0.3, 0.4) is 0 Å². The van der Waals surface area contributed by atoms with Crippen LogP contribution in [-0.2, 0) is 16.6 Å². The van der Waals surface area contributed by atoms with Crippen LogP contribution in [0.1, 0.15) is 24.2 Å². The van der Waals surface area contributed by atoms with Crippen molar-refractivity contribution in [2.24, 2.45) is 5.14 Å². The van der Waals surface area contributed by atoms with Gasteiger partial charge in [-0.25, -0.2) is 9.93 Å². The number of nitrogens with zero attached hydrogens (tertiary/aromatic N) is 2. The first-order valence-corrected chi connectivity index (χ1v) is 8.98.